The number of hydrogen-bond acceptors (Lipinski definition) is 5. The van der Waals surface area contributed by atoms with Crippen molar-refractivity contribution in [3.63, 3.8) is 0 Å². The topological polar surface area (TPSA) is 64.3 Å². The second-order valence-electron chi connectivity index (χ2n) is 4.84. The first-order chi connectivity index (χ1) is 8.74. The first kappa shape index (κ1) is 13.1. The van der Waals surface area contributed by atoms with Gasteiger partial charge < -0.3 is 15.4 Å². The average molecular weight is 250 g/mol. The lowest BCUT2D eigenvalue weighted by Gasteiger charge is -2.36. The van der Waals surface area contributed by atoms with Crippen molar-refractivity contribution in [3.8, 4) is 5.88 Å². The van der Waals surface area contributed by atoms with E-state index in [-0.39, 0.29) is 0 Å². The van der Waals surface area contributed by atoms with Crippen LogP contribution in [0, 0.1) is 11.8 Å². The molecule has 0 amide bonds. The van der Waals surface area contributed by atoms with Gasteiger partial charge in [0.25, 0.3) is 0 Å². The normalized spacial score (nSPS) is 24.1. The molecular weight excluding hydrogens is 228 g/mol. The molecule has 0 saturated carbocycles. The maximum absolute atomic E-state index is 5.82. The van der Waals surface area contributed by atoms with Crippen molar-refractivity contribution in [2.24, 2.45) is 17.6 Å². The van der Waals surface area contributed by atoms with Gasteiger partial charge in [-0.05, 0) is 31.7 Å². The zero-order valence-corrected chi connectivity index (χ0v) is 11.2. The maximum atomic E-state index is 5.82. The SMILES string of the molecule is CCOc1ccnc(N2CCC(C)C(CN)C2)n1. The van der Waals surface area contributed by atoms with Crippen molar-refractivity contribution >= 4 is 5.95 Å². The lowest BCUT2D eigenvalue weighted by Crippen LogP contribution is -2.43. The maximum Gasteiger partial charge on any atom is 0.228 e. The zero-order chi connectivity index (χ0) is 13.0. The molecule has 2 rings (SSSR count). The van der Waals surface area contributed by atoms with Crippen LogP contribution in [0.3, 0.4) is 0 Å². The van der Waals surface area contributed by atoms with Crippen LogP contribution in [0.4, 0.5) is 5.95 Å². The molecule has 0 aromatic carbocycles. The van der Waals surface area contributed by atoms with Crippen LogP contribution in [0.25, 0.3) is 0 Å². The fourth-order valence-corrected chi connectivity index (χ4v) is 2.35. The van der Waals surface area contributed by atoms with Crippen molar-refractivity contribution < 1.29 is 4.74 Å². The summed E-state index contributed by atoms with van der Waals surface area (Å²) in [5.41, 5.74) is 5.82. The molecule has 100 valence electrons. The summed E-state index contributed by atoms with van der Waals surface area (Å²) < 4.78 is 5.41. The van der Waals surface area contributed by atoms with E-state index in [2.05, 4.69) is 21.8 Å². The standard InChI is InChI=1S/C13H22N4O/c1-3-18-12-4-6-15-13(16-12)17-7-5-10(2)11(8-14)9-17/h4,6,10-11H,3,5,7-9,14H2,1-2H3. The average Bonchev–Trinajstić information content (AvgIpc) is 2.40. The number of piperidine rings is 1. The number of rotatable bonds is 4. The third-order valence-electron chi connectivity index (χ3n) is 3.61. The van der Waals surface area contributed by atoms with Crippen LogP contribution in [0.2, 0.25) is 0 Å². The highest BCUT2D eigenvalue weighted by Gasteiger charge is 2.26. The smallest absolute Gasteiger partial charge is 0.228 e. The number of nitrogens with zero attached hydrogens (tertiary/aromatic N) is 3. The van der Waals surface area contributed by atoms with Gasteiger partial charge in [-0.3, -0.25) is 0 Å². The minimum Gasteiger partial charge on any atom is -0.478 e. The van der Waals surface area contributed by atoms with E-state index in [9.17, 15) is 0 Å². The van der Waals surface area contributed by atoms with Crippen LogP contribution < -0.4 is 15.4 Å². The molecule has 18 heavy (non-hydrogen) atoms. The Morgan fingerprint density at radius 1 is 1.56 bits per heavy atom. The van der Waals surface area contributed by atoms with Crippen molar-refractivity contribution in [1.29, 1.82) is 0 Å². The minimum absolute atomic E-state index is 0.526. The number of nitrogens with two attached hydrogens (primary N) is 1. The highest BCUT2D eigenvalue weighted by atomic mass is 16.5. The van der Waals surface area contributed by atoms with E-state index in [0.717, 1.165) is 32.0 Å². The van der Waals surface area contributed by atoms with E-state index in [4.69, 9.17) is 10.5 Å². The molecule has 1 aromatic rings. The van der Waals surface area contributed by atoms with Crippen molar-refractivity contribution in [1.82, 2.24) is 9.97 Å². The molecule has 0 bridgehead atoms. The summed E-state index contributed by atoms with van der Waals surface area (Å²) in [5, 5.41) is 0. The molecule has 2 N–H and O–H groups in total. The Morgan fingerprint density at radius 2 is 2.39 bits per heavy atom. The second kappa shape index (κ2) is 6.00. The summed E-state index contributed by atoms with van der Waals surface area (Å²) in [6.45, 7) is 7.50. The van der Waals surface area contributed by atoms with Crippen LogP contribution >= 0.6 is 0 Å². The lowest BCUT2D eigenvalue weighted by atomic mass is 9.87. The van der Waals surface area contributed by atoms with E-state index in [0.29, 0.717) is 24.3 Å². The fourth-order valence-electron chi connectivity index (χ4n) is 2.35. The molecule has 1 aromatic heterocycles. The monoisotopic (exact) mass is 250 g/mol. The van der Waals surface area contributed by atoms with E-state index >= 15 is 0 Å². The molecule has 1 aliphatic rings. The summed E-state index contributed by atoms with van der Waals surface area (Å²) in [5.74, 6) is 2.61. The first-order valence-electron chi connectivity index (χ1n) is 6.65. The predicted molar refractivity (Wildman–Crippen MR) is 71.7 cm³/mol. The minimum atomic E-state index is 0.526. The van der Waals surface area contributed by atoms with Crippen molar-refractivity contribution in [2.75, 3.05) is 31.1 Å². The van der Waals surface area contributed by atoms with E-state index < -0.39 is 0 Å². The predicted octanol–water partition coefficient (Wildman–Crippen LogP) is 1.30. The Morgan fingerprint density at radius 3 is 3.11 bits per heavy atom. The number of hydrogen-bond donors (Lipinski definition) is 1. The van der Waals surface area contributed by atoms with Crippen LogP contribution in [0.1, 0.15) is 20.3 Å². The molecule has 0 aliphatic carbocycles. The van der Waals surface area contributed by atoms with Crippen LogP contribution in [0.5, 0.6) is 5.88 Å². The highest BCUT2D eigenvalue weighted by molar-refractivity contribution is 5.32. The van der Waals surface area contributed by atoms with Crippen molar-refractivity contribution in [2.45, 2.75) is 20.3 Å². The van der Waals surface area contributed by atoms with Crippen molar-refractivity contribution in [3.05, 3.63) is 12.3 Å². The summed E-state index contributed by atoms with van der Waals surface area (Å²) in [4.78, 5) is 11.0. The van der Waals surface area contributed by atoms with Crippen LogP contribution in [0.15, 0.2) is 12.3 Å². The molecule has 1 aliphatic heterocycles. The summed E-state index contributed by atoms with van der Waals surface area (Å²) >= 11 is 0. The van der Waals surface area contributed by atoms with E-state index in [1.165, 1.54) is 0 Å². The van der Waals surface area contributed by atoms with E-state index in [1.807, 2.05) is 6.92 Å². The van der Waals surface area contributed by atoms with Gasteiger partial charge in [-0.15, -0.1) is 0 Å². The second-order valence-corrected chi connectivity index (χ2v) is 4.84. The summed E-state index contributed by atoms with van der Waals surface area (Å²) in [6.07, 6.45) is 2.90. The molecule has 2 heterocycles. The molecule has 2 atom stereocenters. The van der Waals surface area contributed by atoms with Gasteiger partial charge in [0.2, 0.25) is 11.8 Å². The third kappa shape index (κ3) is 2.90. The highest BCUT2D eigenvalue weighted by Crippen LogP contribution is 2.25. The van der Waals surface area contributed by atoms with Gasteiger partial charge in [0, 0.05) is 25.4 Å². The third-order valence-corrected chi connectivity index (χ3v) is 3.61. The number of anilines is 1. The Balaban J connectivity index is 2.09. The fraction of sp³-hybridized carbons (Fsp3) is 0.692. The van der Waals surface area contributed by atoms with Crippen LogP contribution in [-0.4, -0.2) is 36.2 Å². The van der Waals surface area contributed by atoms with Gasteiger partial charge in [0.15, 0.2) is 0 Å². The van der Waals surface area contributed by atoms with Gasteiger partial charge in [0.1, 0.15) is 0 Å². The Kier molecular flexibility index (Phi) is 4.36. The Labute approximate surface area is 108 Å². The largest absolute Gasteiger partial charge is 0.478 e. The van der Waals surface area contributed by atoms with Gasteiger partial charge >= 0.3 is 0 Å². The Hall–Kier alpha value is -1.36. The first-order valence-corrected chi connectivity index (χ1v) is 6.65. The zero-order valence-electron chi connectivity index (χ0n) is 11.2. The number of ether oxygens (including phenoxy) is 1. The van der Waals surface area contributed by atoms with Gasteiger partial charge in [-0.25, -0.2) is 4.98 Å². The molecule has 2 unspecified atom stereocenters. The lowest BCUT2D eigenvalue weighted by molar-refractivity contribution is 0.302. The molecule has 1 saturated heterocycles. The molecule has 5 heteroatoms. The Bertz CT molecular complexity index is 385. The molecule has 0 spiro atoms. The molecule has 0 radical (unpaired) electrons. The van der Waals surface area contributed by atoms with Crippen LogP contribution in [-0.2, 0) is 0 Å². The van der Waals surface area contributed by atoms with Gasteiger partial charge in [-0.1, -0.05) is 6.92 Å². The quantitative estimate of drug-likeness (QED) is 0.872. The molecule has 1 fully saturated rings. The summed E-state index contributed by atoms with van der Waals surface area (Å²) in [6, 6.07) is 1.79. The van der Waals surface area contributed by atoms with Gasteiger partial charge in [0.05, 0.1) is 6.61 Å². The summed E-state index contributed by atoms with van der Waals surface area (Å²) in [7, 11) is 0. The van der Waals surface area contributed by atoms with E-state index in [1.54, 1.807) is 12.3 Å². The molecular formula is C13H22N4O. The van der Waals surface area contributed by atoms with Gasteiger partial charge in [-0.2, -0.15) is 4.98 Å². The molecule has 5 nitrogen and oxygen atoms in total. The number of aromatic nitrogens is 2.